The van der Waals surface area contributed by atoms with E-state index < -0.39 is 11.7 Å². The quantitative estimate of drug-likeness (QED) is 0.660. The predicted octanol–water partition coefficient (Wildman–Crippen LogP) is 1.76. The molecule has 0 saturated carbocycles. The Morgan fingerprint density at radius 2 is 2.14 bits per heavy atom. The van der Waals surface area contributed by atoms with Crippen LogP contribution in [0.5, 0.6) is 0 Å². The normalized spacial score (nSPS) is 16.6. The number of aliphatic hydroxyl groups excluding tert-OH is 1. The first-order chi connectivity index (χ1) is 6.40. The molecule has 0 aromatic heterocycles. The van der Waals surface area contributed by atoms with Gasteiger partial charge in [0.25, 0.3) is 0 Å². The van der Waals surface area contributed by atoms with Gasteiger partial charge in [0.1, 0.15) is 0 Å². The van der Waals surface area contributed by atoms with Gasteiger partial charge in [-0.15, -0.1) is 0 Å². The fraction of sp³-hybridized carbons (Fsp3) is 0.727. The molecule has 0 aromatic rings. The largest absolute Gasteiger partial charge is 0.389 e. The van der Waals surface area contributed by atoms with Gasteiger partial charge in [0.15, 0.2) is 0 Å². The van der Waals surface area contributed by atoms with Crippen molar-refractivity contribution in [2.24, 2.45) is 0 Å². The minimum Gasteiger partial charge on any atom is -0.389 e. The van der Waals surface area contributed by atoms with Crippen LogP contribution in [0.1, 0.15) is 40.0 Å². The third-order valence-electron chi connectivity index (χ3n) is 2.21. The van der Waals surface area contributed by atoms with Crippen LogP contribution >= 0.6 is 0 Å². The maximum absolute atomic E-state index is 9.80. The topological polar surface area (TPSA) is 64.2 Å². The lowest BCUT2D eigenvalue weighted by molar-refractivity contribution is -0.0634. The van der Waals surface area contributed by atoms with E-state index in [1.54, 1.807) is 6.92 Å². The highest BCUT2D eigenvalue weighted by molar-refractivity contribution is 4.96. The number of nitriles is 1. The van der Waals surface area contributed by atoms with Crippen molar-refractivity contribution >= 4 is 0 Å². The monoisotopic (exact) mass is 197 g/mol. The van der Waals surface area contributed by atoms with Gasteiger partial charge in [0, 0.05) is 0 Å². The fourth-order valence-corrected chi connectivity index (χ4v) is 1.13. The summed E-state index contributed by atoms with van der Waals surface area (Å²) in [4.78, 5) is 0. The average molecular weight is 197 g/mol. The van der Waals surface area contributed by atoms with E-state index in [0.717, 1.165) is 6.42 Å². The molecule has 0 radical (unpaired) electrons. The molecule has 0 spiro atoms. The van der Waals surface area contributed by atoms with Crippen LogP contribution < -0.4 is 0 Å². The number of hydrogen-bond donors (Lipinski definition) is 2. The maximum atomic E-state index is 9.80. The highest BCUT2D eigenvalue weighted by Gasteiger charge is 2.28. The summed E-state index contributed by atoms with van der Waals surface area (Å²) in [5.41, 5.74) is 0.0253. The second kappa shape index (κ2) is 5.79. The zero-order valence-electron chi connectivity index (χ0n) is 9.12. The van der Waals surface area contributed by atoms with Gasteiger partial charge in [-0.25, -0.2) is 0 Å². The average Bonchev–Trinajstić information content (AvgIpc) is 2.03. The van der Waals surface area contributed by atoms with Crippen LogP contribution in [0.15, 0.2) is 11.6 Å². The Morgan fingerprint density at radius 1 is 1.57 bits per heavy atom. The van der Waals surface area contributed by atoms with E-state index in [0.29, 0.717) is 6.42 Å². The van der Waals surface area contributed by atoms with Crippen molar-refractivity contribution in [1.29, 1.82) is 5.26 Å². The van der Waals surface area contributed by atoms with Crippen molar-refractivity contribution in [2.45, 2.75) is 51.7 Å². The van der Waals surface area contributed by atoms with Crippen LogP contribution in [0.2, 0.25) is 0 Å². The standard InChI is InChI=1S/C11H19NO2/c1-9(2)5-4-7-11(3,14)10(13)6-8-12/h5,10,13-14H,4,6-7H2,1-3H3/t10-,11-/m1/s1. The van der Waals surface area contributed by atoms with E-state index in [1.165, 1.54) is 5.57 Å². The van der Waals surface area contributed by atoms with Crippen LogP contribution in [-0.4, -0.2) is 21.9 Å². The molecule has 0 rings (SSSR count). The van der Waals surface area contributed by atoms with Crippen molar-refractivity contribution in [3.05, 3.63) is 11.6 Å². The van der Waals surface area contributed by atoms with Gasteiger partial charge in [-0.05, 0) is 33.6 Å². The molecule has 3 heteroatoms. The van der Waals surface area contributed by atoms with Crippen LogP contribution in [0.3, 0.4) is 0 Å². The summed E-state index contributed by atoms with van der Waals surface area (Å²) in [5, 5.41) is 27.6. The first-order valence-corrected chi connectivity index (χ1v) is 4.81. The summed E-state index contributed by atoms with van der Waals surface area (Å²) in [7, 11) is 0. The van der Waals surface area contributed by atoms with Crippen LogP contribution in [-0.2, 0) is 0 Å². The highest BCUT2D eigenvalue weighted by atomic mass is 16.3. The smallest absolute Gasteiger partial charge is 0.0954 e. The van der Waals surface area contributed by atoms with Crippen LogP contribution in [0, 0.1) is 11.3 Å². The van der Waals surface area contributed by atoms with Crippen molar-refractivity contribution in [1.82, 2.24) is 0 Å². The van der Waals surface area contributed by atoms with Crippen LogP contribution in [0.25, 0.3) is 0 Å². The van der Waals surface area contributed by atoms with Crippen molar-refractivity contribution < 1.29 is 10.2 Å². The van der Waals surface area contributed by atoms with Gasteiger partial charge in [0.05, 0.1) is 24.2 Å². The second-order valence-electron chi connectivity index (χ2n) is 4.06. The highest BCUT2D eigenvalue weighted by Crippen LogP contribution is 2.19. The van der Waals surface area contributed by atoms with Gasteiger partial charge in [-0.1, -0.05) is 11.6 Å². The molecule has 0 saturated heterocycles. The second-order valence-corrected chi connectivity index (χ2v) is 4.06. The Bertz CT molecular complexity index is 234. The molecule has 2 N–H and O–H groups in total. The van der Waals surface area contributed by atoms with E-state index >= 15 is 0 Å². The van der Waals surface area contributed by atoms with Gasteiger partial charge >= 0.3 is 0 Å². The maximum Gasteiger partial charge on any atom is 0.0954 e. The van der Waals surface area contributed by atoms with E-state index in [2.05, 4.69) is 0 Å². The molecule has 0 heterocycles. The summed E-state index contributed by atoms with van der Waals surface area (Å²) in [6.07, 6.45) is 2.21. The molecule has 14 heavy (non-hydrogen) atoms. The van der Waals surface area contributed by atoms with E-state index in [4.69, 9.17) is 5.26 Å². The Labute approximate surface area is 85.7 Å². The molecule has 0 aliphatic rings. The van der Waals surface area contributed by atoms with E-state index in [9.17, 15) is 10.2 Å². The number of hydrogen-bond acceptors (Lipinski definition) is 3. The molecule has 0 aliphatic carbocycles. The molecule has 80 valence electrons. The molecule has 2 atom stereocenters. The molecule has 0 fully saturated rings. The molecule has 3 nitrogen and oxygen atoms in total. The summed E-state index contributed by atoms with van der Waals surface area (Å²) in [6, 6.07) is 1.85. The fourth-order valence-electron chi connectivity index (χ4n) is 1.13. The van der Waals surface area contributed by atoms with Crippen LogP contribution in [0.4, 0.5) is 0 Å². The Balaban J connectivity index is 4.07. The van der Waals surface area contributed by atoms with Crippen molar-refractivity contribution in [3.8, 4) is 6.07 Å². The summed E-state index contributed by atoms with van der Waals surface area (Å²) >= 11 is 0. The zero-order valence-corrected chi connectivity index (χ0v) is 9.12. The van der Waals surface area contributed by atoms with E-state index in [1.807, 2.05) is 26.0 Å². The third-order valence-corrected chi connectivity index (χ3v) is 2.21. The Kier molecular flexibility index (Phi) is 5.44. The molecule has 0 aromatic carbocycles. The van der Waals surface area contributed by atoms with Gasteiger partial charge < -0.3 is 10.2 Å². The summed E-state index contributed by atoms with van der Waals surface area (Å²) in [6.45, 7) is 5.54. The number of rotatable bonds is 5. The minimum absolute atomic E-state index is 0.0260. The Morgan fingerprint density at radius 3 is 2.57 bits per heavy atom. The molecule has 0 aliphatic heterocycles. The lowest BCUT2D eigenvalue weighted by Gasteiger charge is -2.27. The number of allylic oxidation sites excluding steroid dienone is 2. The Hall–Kier alpha value is -0.850. The predicted molar refractivity (Wildman–Crippen MR) is 55.5 cm³/mol. The molecule has 0 amide bonds. The lowest BCUT2D eigenvalue weighted by atomic mass is 9.91. The van der Waals surface area contributed by atoms with Crippen molar-refractivity contribution in [2.75, 3.05) is 0 Å². The lowest BCUT2D eigenvalue weighted by Crippen LogP contribution is -2.38. The van der Waals surface area contributed by atoms with Gasteiger partial charge in [-0.3, -0.25) is 0 Å². The first kappa shape index (κ1) is 13.2. The molecule has 0 unspecified atom stereocenters. The number of nitrogens with zero attached hydrogens (tertiary/aromatic N) is 1. The van der Waals surface area contributed by atoms with Crippen molar-refractivity contribution in [3.63, 3.8) is 0 Å². The van der Waals surface area contributed by atoms with E-state index in [-0.39, 0.29) is 6.42 Å². The SMILES string of the molecule is CC(C)=CCC[C@@](C)(O)[C@H](O)CC#N. The number of aliphatic hydroxyl groups is 2. The summed E-state index contributed by atoms with van der Waals surface area (Å²) < 4.78 is 0. The van der Waals surface area contributed by atoms with Gasteiger partial charge in [-0.2, -0.15) is 5.26 Å². The molecule has 0 bridgehead atoms. The summed E-state index contributed by atoms with van der Waals surface area (Å²) in [5.74, 6) is 0. The first-order valence-electron chi connectivity index (χ1n) is 4.81. The molecular formula is C11H19NO2. The third kappa shape index (κ3) is 5.00. The molecular weight excluding hydrogens is 178 g/mol. The zero-order chi connectivity index (χ0) is 11.2. The minimum atomic E-state index is -1.16. The van der Waals surface area contributed by atoms with Gasteiger partial charge in [0.2, 0.25) is 0 Å².